The van der Waals surface area contributed by atoms with Gasteiger partial charge in [-0.3, -0.25) is 10.1 Å². The van der Waals surface area contributed by atoms with E-state index in [1.165, 1.54) is 25.7 Å². The van der Waals surface area contributed by atoms with Crippen LogP contribution in [-0.4, -0.2) is 35.8 Å². The van der Waals surface area contributed by atoms with Crippen LogP contribution in [0.3, 0.4) is 0 Å². The van der Waals surface area contributed by atoms with E-state index in [4.69, 9.17) is 11.6 Å². The molecule has 2 rings (SSSR count). The lowest BCUT2D eigenvalue weighted by Crippen LogP contribution is -2.45. The maximum atomic E-state index is 11.8. The molecule has 0 aliphatic heterocycles. The second-order valence-electron chi connectivity index (χ2n) is 4.78. The van der Waals surface area contributed by atoms with E-state index >= 15 is 0 Å². The number of amides is 3. The van der Waals surface area contributed by atoms with Crippen LogP contribution in [0.25, 0.3) is 0 Å². The Hall–Kier alpha value is -0.770. The summed E-state index contributed by atoms with van der Waals surface area (Å²) in [5.74, 6) is 0.723. The minimum absolute atomic E-state index is 0.160. The number of imide groups is 1. The van der Waals surface area contributed by atoms with Crippen molar-refractivity contribution in [1.29, 1.82) is 0 Å². The lowest BCUT2D eigenvalue weighted by molar-refractivity contribution is -0.117. The van der Waals surface area contributed by atoms with Crippen molar-refractivity contribution in [3.05, 3.63) is 0 Å². The van der Waals surface area contributed by atoms with Crippen LogP contribution >= 0.6 is 11.6 Å². The summed E-state index contributed by atoms with van der Waals surface area (Å²) in [6.45, 7) is 1.58. The van der Waals surface area contributed by atoms with Gasteiger partial charge in [0.15, 0.2) is 0 Å². The quantitative estimate of drug-likeness (QED) is 0.747. The molecule has 16 heavy (non-hydrogen) atoms. The van der Waals surface area contributed by atoms with Gasteiger partial charge in [0.2, 0.25) is 5.91 Å². The van der Waals surface area contributed by atoms with Crippen LogP contribution in [0.15, 0.2) is 0 Å². The molecule has 0 radical (unpaired) electrons. The van der Waals surface area contributed by atoms with Crippen LogP contribution < -0.4 is 5.32 Å². The maximum Gasteiger partial charge on any atom is 0.324 e. The van der Waals surface area contributed by atoms with E-state index in [-0.39, 0.29) is 11.9 Å². The van der Waals surface area contributed by atoms with Crippen molar-refractivity contribution in [2.45, 2.75) is 25.7 Å². The zero-order chi connectivity index (χ0) is 11.5. The van der Waals surface area contributed by atoms with Gasteiger partial charge in [0.1, 0.15) is 5.88 Å². The summed E-state index contributed by atoms with van der Waals surface area (Å²) < 4.78 is 0. The number of nitrogens with one attached hydrogen (secondary N) is 1. The van der Waals surface area contributed by atoms with E-state index in [1.807, 2.05) is 0 Å². The summed E-state index contributed by atoms with van der Waals surface area (Å²) >= 11 is 5.35. The number of carbonyl (C=O) groups is 2. The van der Waals surface area contributed by atoms with Crippen molar-refractivity contribution in [3.8, 4) is 0 Å². The van der Waals surface area contributed by atoms with E-state index < -0.39 is 5.91 Å². The van der Waals surface area contributed by atoms with Crippen LogP contribution in [-0.2, 0) is 4.79 Å². The Morgan fingerprint density at radius 2 is 1.62 bits per heavy atom. The number of alkyl halides is 1. The summed E-state index contributed by atoms with van der Waals surface area (Å²) in [4.78, 5) is 24.6. The monoisotopic (exact) mass is 244 g/mol. The molecule has 2 aliphatic carbocycles. The summed E-state index contributed by atoms with van der Waals surface area (Å²) in [5.41, 5.74) is 0. The van der Waals surface area contributed by atoms with Crippen molar-refractivity contribution < 1.29 is 9.59 Å². The molecule has 0 aromatic carbocycles. The number of urea groups is 1. The second-order valence-corrected chi connectivity index (χ2v) is 5.05. The molecule has 3 amide bonds. The van der Waals surface area contributed by atoms with Crippen molar-refractivity contribution in [3.63, 3.8) is 0 Å². The highest BCUT2D eigenvalue weighted by Crippen LogP contribution is 2.33. The van der Waals surface area contributed by atoms with E-state index in [0.29, 0.717) is 11.8 Å². The molecule has 0 heterocycles. The molecule has 0 saturated heterocycles. The molecule has 5 heteroatoms. The van der Waals surface area contributed by atoms with Crippen molar-refractivity contribution in [2.75, 3.05) is 19.0 Å². The number of hydrogen-bond donors (Lipinski definition) is 1. The van der Waals surface area contributed by atoms with Crippen LogP contribution in [0.4, 0.5) is 4.79 Å². The zero-order valence-corrected chi connectivity index (χ0v) is 10.0. The Morgan fingerprint density at radius 1 is 1.12 bits per heavy atom. The Labute approximate surface area is 100 Å². The highest BCUT2D eigenvalue weighted by Gasteiger charge is 2.31. The third-order valence-corrected chi connectivity index (χ3v) is 3.25. The van der Waals surface area contributed by atoms with Gasteiger partial charge in [-0.2, -0.15) is 0 Å². The van der Waals surface area contributed by atoms with E-state index in [1.54, 1.807) is 4.90 Å². The Kier molecular flexibility index (Phi) is 3.69. The van der Waals surface area contributed by atoms with Crippen LogP contribution in [0.5, 0.6) is 0 Å². The molecule has 0 aromatic rings. The predicted molar refractivity (Wildman–Crippen MR) is 61.3 cm³/mol. The predicted octanol–water partition coefficient (Wildman–Crippen LogP) is 1.58. The first kappa shape index (κ1) is 11.7. The SMILES string of the molecule is O=C(CCl)NC(=O)N(CC1CC1)CC1CC1. The molecule has 0 bridgehead atoms. The summed E-state index contributed by atoms with van der Waals surface area (Å²) in [7, 11) is 0. The molecule has 2 saturated carbocycles. The molecule has 2 aliphatic rings. The second kappa shape index (κ2) is 5.04. The van der Waals surface area contributed by atoms with Gasteiger partial charge in [0, 0.05) is 13.1 Å². The maximum absolute atomic E-state index is 11.8. The summed E-state index contributed by atoms with van der Waals surface area (Å²) in [6.07, 6.45) is 4.82. The lowest BCUT2D eigenvalue weighted by Gasteiger charge is -2.22. The first-order chi connectivity index (χ1) is 7.69. The average molecular weight is 245 g/mol. The number of hydrogen-bond acceptors (Lipinski definition) is 2. The topological polar surface area (TPSA) is 49.4 Å². The van der Waals surface area contributed by atoms with Crippen LogP contribution in [0.1, 0.15) is 25.7 Å². The first-order valence-corrected chi connectivity index (χ1v) is 6.37. The molecule has 2 fully saturated rings. The van der Waals surface area contributed by atoms with Gasteiger partial charge >= 0.3 is 6.03 Å². The zero-order valence-electron chi connectivity index (χ0n) is 9.25. The molecule has 1 N–H and O–H groups in total. The fourth-order valence-corrected chi connectivity index (χ4v) is 1.76. The Bertz CT molecular complexity index is 274. The van der Waals surface area contributed by atoms with Gasteiger partial charge in [-0.25, -0.2) is 4.79 Å². The third-order valence-electron chi connectivity index (χ3n) is 3.01. The lowest BCUT2D eigenvalue weighted by atomic mass is 10.3. The molecular weight excluding hydrogens is 228 g/mol. The van der Waals surface area contributed by atoms with Gasteiger partial charge in [0.05, 0.1) is 0 Å². The molecule has 0 atom stereocenters. The number of nitrogens with zero attached hydrogens (tertiary/aromatic N) is 1. The molecular formula is C11H17ClN2O2. The van der Waals surface area contributed by atoms with E-state index in [2.05, 4.69) is 5.32 Å². The van der Waals surface area contributed by atoms with E-state index in [0.717, 1.165) is 13.1 Å². The third kappa shape index (κ3) is 3.67. The smallest absolute Gasteiger partial charge is 0.324 e. The largest absolute Gasteiger partial charge is 0.324 e. The molecule has 0 spiro atoms. The van der Waals surface area contributed by atoms with Crippen LogP contribution in [0.2, 0.25) is 0 Å². The Morgan fingerprint density at radius 3 is 2.00 bits per heavy atom. The molecule has 90 valence electrons. The van der Waals surface area contributed by atoms with Gasteiger partial charge < -0.3 is 4.90 Å². The fourth-order valence-electron chi connectivity index (χ4n) is 1.70. The summed E-state index contributed by atoms with van der Waals surface area (Å²) in [6, 6.07) is -0.274. The van der Waals surface area contributed by atoms with Gasteiger partial charge in [-0.05, 0) is 37.5 Å². The minimum atomic E-state index is -0.414. The first-order valence-electron chi connectivity index (χ1n) is 5.83. The Balaban J connectivity index is 1.82. The number of halogens is 1. The van der Waals surface area contributed by atoms with Crippen LogP contribution in [0, 0.1) is 11.8 Å². The average Bonchev–Trinajstić information content (AvgIpc) is 3.10. The fraction of sp³-hybridized carbons (Fsp3) is 0.818. The summed E-state index contributed by atoms with van der Waals surface area (Å²) in [5, 5.41) is 2.31. The van der Waals surface area contributed by atoms with Crippen molar-refractivity contribution >= 4 is 23.5 Å². The van der Waals surface area contributed by atoms with Crippen molar-refractivity contribution in [1.82, 2.24) is 10.2 Å². The molecule has 0 aromatic heterocycles. The minimum Gasteiger partial charge on any atom is -0.324 e. The molecule has 4 nitrogen and oxygen atoms in total. The van der Waals surface area contributed by atoms with Gasteiger partial charge in [0.25, 0.3) is 0 Å². The van der Waals surface area contributed by atoms with Gasteiger partial charge in [-0.15, -0.1) is 11.6 Å². The van der Waals surface area contributed by atoms with E-state index in [9.17, 15) is 9.59 Å². The van der Waals surface area contributed by atoms with Crippen molar-refractivity contribution in [2.24, 2.45) is 11.8 Å². The number of rotatable bonds is 5. The highest BCUT2D eigenvalue weighted by atomic mass is 35.5. The molecule has 0 unspecified atom stereocenters. The highest BCUT2D eigenvalue weighted by molar-refractivity contribution is 6.28. The standard InChI is InChI=1S/C11H17ClN2O2/c12-5-10(15)13-11(16)14(6-8-1-2-8)7-9-3-4-9/h8-9H,1-7H2,(H,13,15,16). The normalized spacial score (nSPS) is 19.3. The number of carbonyl (C=O) groups excluding carboxylic acids is 2. The van der Waals surface area contributed by atoms with Gasteiger partial charge in [-0.1, -0.05) is 0 Å².